The summed E-state index contributed by atoms with van der Waals surface area (Å²) in [7, 11) is 0. The molecule has 308 valence electrons. The Morgan fingerprint density at radius 3 is 1.35 bits per heavy atom. The van der Waals surface area contributed by atoms with Gasteiger partial charge in [0.15, 0.2) is 5.82 Å². The first-order valence-electron chi connectivity index (χ1n) is 22.3. The van der Waals surface area contributed by atoms with Crippen LogP contribution in [0.15, 0.2) is 239 Å². The van der Waals surface area contributed by atoms with Crippen LogP contribution in [-0.2, 0) is 0 Å². The molecule has 0 spiro atoms. The number of benzene rings is 10. The average Bonchev–Trinajstić information content (AvgIpc) is 3.97. The Bertz CT molecular complexity index is 3860. The molecule has 0 saturated carbocycles. The van der Waals surface area contributed by atoms with E-state index in [0.717, 1.165) is 127 Å². The Kier molecular flexibility index (Phi) is 8.81. The molecule has 4 heteroatoms. The first kappa shape index (κ1) is 37.7. The lowest BCUT2D eigenvalue weighted by Crippen LogP contribution is -2.01. The molecule has 0 aliphatic carbocycles. The van der Waals surface area contributed by atoms with E-state index in [9.17, 15) is 0 Å². The van der Waals surface area contributed by atoms with Gasteiger partial charge in [0.1, 0.15) is 22.3 Å². The standard InChI is InChI=1S/C62H38N2O2/c1-3-18-39(19-4-1)42-36-53(45-26-10-9-25-43(45)40-20-5-2-6-21-40)59(54(37-42)46-29-15-23-41-22-7-8-24-44(41)46)62-63-55(51-32-16-30-49-47-27-11-13-34-57(47)65-60(49)51)38-56(64-62)52-33-17-31-50-48-28-12-14-35-58(48)66-61(50)52/h1-38H. The lowest BCUT2D eigenvalue weighted by molar-refractivity contribution is 0.669. The van der Waals surface area contributed by atoms with Crippen molar-refractivity contribution in [1.29, 1.82) is 0 Å². The van der Waals surface area contributed by atoms with Crippen molar-refractivity contribution in [3.8, 4) is 78.4 Å². The predicted octanol–water partition coefficient (Wildman–Crippen LogP) is 17.1. The van der Waals surface area contributed by atoms with Crippen LogP contribution in [0.1, 0.15) is 0 Å². The monoisotopic (exact) mass is 842 g/mol. The van der Waals surface area contributed by atoms with Gasteiger partial charge in [0.2, 0.25) is 0 Å². The highest BCUT2D eigenvalue weighted by Gasteiger charge is 2.25. The number of nitrogens with zero attached hydrogens (tertiary/aromatic N) is 2. The second-order valence-corrected chi connectivity index (χ2v) is 16.8. The van der Waals surface area contributed by atoms with E-state index < -0.39 is 0 Å². The van der Waals surface area contributed by atoms with Crippen molar-refractivity contribution in [3.63, 3.8) is 0 Å². The molecule has 13 aromatic rings. The summed E-state index contributed by atoms with van der Waals surface area (Å²) in [6.07, 6.45) is 0. The summed E-state index contributed by atoms with van der Waals surface area (Å²) in [5, 5.41) is 6.48. The van der Waals surface area contributed by atoms with Gasteiger partial charge in [0, 0.05) is 38.2 Å². The van der Waals surface area contributed by atoms with E-state index in [2.05, 4.69) is 206 Å². The lowest BCUT2D eigenvalue weighted by atomic mass is 9.84. The molecule has 0 aliphatic heterocycles. The van der Waals surface area contributed by atoms with Crippen LogP contribution in [0.2, 0.25) is 0 Å². The maximum atomic E-state index is 6.72. The molecule has 0 radical (unpaired) electrons. The van der Waals surface area contributed by atoms with Crippen LogP contribution < -0.4 is 0 Å². The summed E-state index contributed by atoms with van der Waals surface area (Å²) < 4.78 is 13.4. The Labute approximate surface area is 380 Å². The summed E-state index contributed by atoms with van der Waals surface area (Å²) in [5.41, 5.74) is 16.0. The van der Waals surface area contributed by atoms with Crippen molar-refractivity contribution in [2.75, 3.05) is 0 Å². The Hall–Kier alpha value is -8.86. The lowest BCUT2D eigenvalue weighted by Gasteiger charge is -2.21. The number of furan rings is 2. The fourth-order valence-corrected chi connectivity index (χ4v) is 9.89. The Morgan fingerprint density at radius 2 is 0.712 bits per heavy atom. The van der Waals surface area contributed by atoms with Crippen molar-refractivity contribution < 1.29 is 8.83 Å². The third-order valence-electron chi connectivity index (χ3n) is 12.9. The molecule has 3 heterocycles. The van der Waals surface area contributed by atoms with Crippen molar-refractivity contribution in [3.05, 3.63) is 231 Å². The van der Waals surface area contributed by atoms with Gasteiger partial charge in [-0.25, -0.2) is 9.97 Å². The minimum absolute atomic E-state index is 0.587. The Balaban J connectivity index is 1.19. The van der Waals surface area contributed by atoms with Gasteiger partial charge in [-0.15, -0.1) is 0 Å². The van der Waals surface area contributed by atoms with Gasteiger partial charge in [-0.05, 0) is 97.7 Å². The first-order valence-corrected chi connectivity index (χ1v) is 22.3. The molecule has 0 saturated heterocycles. The molecular formula is C62H38N2O2. The molecule has 4 nitrogen and oxygen atoms in total. The van der Waals surface area contributed by atoms with Gasteiger partial charge in [-0.3, -0.25) is 0 Å². The zero-order chi connectivity index (χ0) is 43.6. The highest BCUT2D eigenvalue weighted by Crippen LogP contribution is 2.48. The summed E-state index contributed by atoms with van der Waals surface area (Å²) in [4.78, 5) is 11.4. The SMILES string of the molecule is c1ccc(-c2cc(-c3ccccc3-c3ccccc3)c(-c3nc(-c4cccc5c4oc4ccccc45)cc(-c4cccc5c4oc4ccccc45)n3)c(-c3cccc4ccccc34)c2)cc1. The van der Waals surface area contributed by atoms with Crippen LogP contribution in [-0.4, -0.2) is 9.97 Å². The number of hydrogen-bond acceptors (Lipinski definition) is 4. The van der Waals surface area contributed by atoms with E-state index in [-0.39, 0.29) is 0 Å². The van der Waals surface area contributed by atoms with Gasteiger partial charge in [-0.1, -0.05) is 188 Å². The molecule has 0 fully saturated rings. The van der Waals surface area contributed by atoms with E-state index in [4.69, 9.17) is 18.8 Å². The fourth-order valence-electron chi connectivity index (χ4n) is 9.89. The number of aromatic nitrogens is 2. The van der Waals surface area contributed by atoms with Crippen molar-refractivity contribution >= 4 is 54.6 Å². The Morgan fingerprint density at radius 1 is 0.273 bits per heavy atom. The summed E-state index contributed by atoms with van der Waals surface area (Å²) in [6.45, 7) is 0. The number of fused-ring (bicyclic) bond motifs is 7. The summed E-state index contributed by atoms with van der Waals surface area (Å²) in [6, 6.07) is 81.0. The smallest absolute Gasteiger partial charge is 0.161 e. The maximum Gasteiger partial charge on any atom is 0.161 e. The number of hydrogen-bond donors (Lipinski definition) is 0. The molecule has 0 amide bonds. The molecule has 10 aromatic carbocycles. The molecule has 0 unspecified atom stereocenters. The first-order chi connectivity index (χ1) is 32.7. The largest absolute Gasteiger partial charge is 0.455 e. The zero-order valence-electron chi connectivity index (χ0n) is 35.7. The van der Waals surface area contributed by atoms with Crippen LogP contribution in [0.25, 0.3) is 133 Å². The van der Waals surface area contributed by atoms with Crippen molar-refractivity contribution in [2.24, 2.45) is 0 Å². The molecule has 66 heavy (non-hydrogen) atoms. The van der Waals surface area contributed by atoms with Gasteiger partial charge < -0.3 is 8.83 Å². The van der Waals surface area contributed by atoms with Crippen LogP contribution in [0.5, 0.6) is 0 Å². The number of para-hydroxylation sites is 4. The molecular weight excluding hydrogens is 805 g/mol. The third kappa shape index (κ3) is 6.22. The van der Waals surface area contributed by atoms with E-state index in [1.54, 1.807) is 0 Å². The van der Waals surface area contributed by atoms with Crippen molar-refractivity contribution in [1.82, 2.24) is 9.97 Å². The van der Waals surface area contributed by atoms with E-state index in [0.29, 0.717) is 5.82 Å². The highest BCUT2D eigenvalue weighted by atomic mass is 16.3. The maximum absolute atomic E-state index is 6.72. The van der Waals surface area contributed by atoms with Crippen molar-refractivity contribution in [2.45, 2.75) is 0 Å². The topological polar surface area (TPSA) is 52.1 Å². The third-order valence-corrected chi connectivity index (χ3v) is 12.9. The second kappa shape index (κ2) is 15.4. The predicted molar refractivity (Wildman–Crippen MR) is 272 cm³/mol. The van der Waals surface area contributed by atoms with E-state index in [1.165, 1.54) is 0 Å². The summed E-state index contributed by atoms with van der Waals surface area (Å²) in [5.74, 6) is 0.587. The molecule has 0 N–H and O–H groups in total. The van der Waals surface area contributed by atoms with Gasteiger partial charge >= 0.3 is 0 Å². The minimum atomic E-state index is 0.587. The summed E-state index contributed by atoms with van der Waals surface area (Å²) >= 11 is 0. The second-order valence-electron chi connectivity index (χ2n) is 16.8. The van der Waals surface area contributed by atoms with Gasteiger partial charge in [0.25, 0.3) is 0 Å². The van der Waals surface area contributed by atoms with Crippen LogP contribution in [0, 0.1) is 0 Å². The van der Waals surface area contributed by atoms with Crippen LogP contribution in [0.4, 0.5) is 0 Å². The zero-order valence-corrected chi connectivity index (χ0v) is 35.7. The molecule has 3 aromatic heterocycles. The average molecular weight is 843 g/mol. The van der Waals surface area contributed by atoms with Crippen LogP contribution >= 0.6 is 0 Å². The molecule has 0 aliphatic rings. The van der Waals surface area contributed by atoms with Crippen LogP contribution in [0.3, 0.4) is 0 Å². The highest BCUT2D eigenvalue weighted by molar-refractivity contribution is 6.12. The molecule has 0 bridgehead atoms. The van der Waals surface area contributed by atoms with E-state index in [1.807, 2.05) is 24.3 Å². The normalized spacial score (nSPS) is 11.6. The van der Waals surface area contributed by atoms with Gasteiger partial charge in [0.05, 0.1) is 11.4 Å². The molecule has 13 rings (SSSR count). The molecule has 0 atom stereocenters. The number of rotatable bonds is 7. The quantitative estimate of drug-likeness (QED) is 0.160. The minimum Gasteiger partial charge on any atom is -0.455 e. The van der Waals surface area contributed by atoms with Gasteiger partial charge in [-0.2, -0.15) is 0 Å². The van der Waals surface area contributed by atoms with E-state index >= 15 is 0 Å². The fraction of sp³-hybridized carbons (Fsp3) is 0.